The Kier molecular flexibility index (Phi) is 6.20. The molecule has 1 N–H and O–H groups in total. The molecule has 0 aliphatic carbocycles. The Bertz CT molecular complexity index is 921. The van der Waals surface area contributed by atoms with Crippen LogP contribution in [0.1, 0.15) is 12.6 Å². The number of rotatable bonds is 7. The number of aromatic nitrogens is 1. The molecule has 27 heavy (non-hydrogen) atoms. The van der Waals surface area contributed by atoms with E-state index in [1.165, 1.54) is 25.4 Å². The number of carbonyl (C=O) groups is 2. The highest BCUT2D eigenvalue weighted by Crippen LogP contribution is 2.28. The molecule has 2 heterocycles. The van der Waals surface area contributed by atoms with E-state index in [1.807, 2.05) is 22.9 Å². The maximum Gasteiger partial charge on any atom is 0.312 e. The van der Waals surface area contributed by atoms with Crippen molar-refractivity contribution in [1.82, 2.24) is 4.98 Å². The Labute approximate surface area is 164 Å². The molecule has 3 aromatic rings. The summed E-state index contributed by atoms with van der Waals surface area (Å²) in [5.41, 5.74) is 1.15. The molecule has 0 saturated carbocycles. The van der Waals surface area contributed by atoms with Crippen molar-refractivity contribution in [2.45, 2.75) is 19.4 Å². The molecule has 1 aromatic carbocycles. The first kappa shape index (κ1) is 19.1. The Morgan fingerprint density at radius 3 is 2.74 bits per heavy atom. The van der Waals surface area contributed by atoms with Crippen molar-refractivity contribution in [2.24, 2.45) is 0 Å². The maximum absolute atomic E-state index is 12.3. The standard InChI is InChI=1S/C19H18N2O4S2/c1-12(18(23)21-14-6-3-4-7-15(14)24-2)25-17(22)10-13-11-27-19(20-13)16-8-5-9-26-16/h3-9,11-12H,10H2,1-2H3,(H,21,23)/t12-/m0/s1. The summed E-state index contributed by atoms with van der Waals surface area (Å²) < 4.78 is 10.4. The molecule has 1 amide bonds. The minimum Gasteiger partial charge on any atom is -0.495 e. The normalized spacial score (nSPS) is 11.6. The number of para-hydroxylation sites is 2. The van der Waals surface area contributed by atoms with Gasteiger partial charge in [0.2, 0.25) is 0 Å². The maximum atomic E-state index is 12.3. The smallest absolute Gasteiger partial charge is 0.312 e. The van der Waals surface area contributed by atoms with Gasteiger partial charge in [0.05, 0.1) is 29.8 Å². The molecule has 0 fully saturated rings. The van der Waals surface area contributed by atoms with Crippen molar-refractivity contribution in [2.75, 3.05) is 12.4 Å². The van der Waals surface area contributed by atoms with Crippen LogP contribution in [0.3, 0.4) is 0 Å². The summed E-state index contributed by atoms with van der Waals surface area (Å²) in [6.07, 6.45) is -0.911. The van der Waals surface area contributed by atoms with Crippen LogP contribution in [0.5, 0.6) is 5.75 Å². The van der Waals surface area contributed by atoms with Crippen molar-refractivity contribution in [3.05, 3.63) is 52.9 Å². The van der Waals surface area contributed by atoms with Crippen molar-refractivity contribution >= 4 is 40.2 Å². The molecular formula is C19H18N2O4S2. The molecule has 0 radical (unpaired) electrons. The van der Waals surface area contributed by atoms with Crippen LogP contribution in [0.15, 0.2) is 47.2 Å². The van der Waals surface area contributed by atoms with Gasteiger partial charge in [0, 0.05) is 5.38 Å². The van der Waals surface area contributed by atoms with Crippen LogP contribution in [0.4, 0.5) is 5.69 Å². The topological polar surface area (TPSA) is 77.5 Å². The van der Waals surface area contributed by atoms with Gasteiger partial charge in [-0.2, -0.15) is 0 Å². The van der Waals surface area contributed by atoms with Gasteiger partial charge in [-0.25, -0.2) is 4.98 Å². The number of nitrogens with one attached hydrogen (secondary N) is 1. The molecule has 0 unspecified atom stereocenters. The summed E-state index contributed by atoms with van der Waals surface area (Å²) in [7, 11) is 1.52. The molecule has 2 aromatic heterocycles. The van der Waals surface area contributed by atoms with E-state index in [9.17, 15) is 9.59 Å². The fraction of sp³-hybridized carbons (Fsp3) is 0.211. The second-order valence-corrected chi connectivity index (χ2v) is 7.43. The lowest BCUT2D eigenvalue weighted by molar-refractivity contribution is -0.152. The predicted octanol–water partition coefficient (Wildman–Crippen LogP) is 3.99. The fourth-order valence-corrected chi connectivity index (χ4v) is 3.96. The van der Waals surface area contributed by atoms with E-state index in [0.717, 1.165) is 9.88 Å². The zero-order valence-electron chi connectivity index (χ0n) is 14.8. The first-order valence-corrected chi connectivity index (χ1v) is 9.94. The number of methoxy groups -OCH3 is 1. The van der Waals surface area contributed by atoms with Gasteiger partial charge >= 0.3 is 5.97 Å². The van der Waals surface area contributed by atoms with Gasteiger partial charge in [0.15, 0.2) is 6.10 Å². The number of ether oxygens (including phenoxy) is 2. The molecule has 1 atom stereocenters. The third-order valence-corrected chi connectivity index (χ3v) is 5.58. The van der Waals surface area contributed by atoms with Gasteiger partial charge in [0.25, 0.3) is 5.91 Å². The van der Waals surface area contributed by atoms with E-state index in [1.54, 1.807) is 35.6 Å². The van der Waals surface area contributed by atoms with Crippen LogP contribution in [-0.4, -0.2) is 30.1 Å². The molecule has 0 spiro atoms. The third-order valence-electron chi connectivity index (χ3n) is 3.65. The summed E-state index contributed by atoms with van der Waals surface area (Å²) >= 11 is 3.07. The van der Waals surface area contributed by atoms with E-state index >= 15 is 0 Å². The van der Waals surface area contributed by atoms with Crippen LogP contribution >= 0.6 is 22.7 Å². The van der Waals surface area contributed by atoms with E-state index < -0.39 is 18.0 Å². The van der Waals surface area contributed by atoms with E-state index in [2.05, 4.69) is 10.3 Å². The third kappa shape index (κ3) is 4.93. The molecular weight excluding hydrogens is 384 g/mol. The minimum atomic E-state index is -0.933. The van der Waals surface area contributed by atoms with Gasteiger partial charge in [-0.15, -0.1) is 22.7 Å². The van der Waals surface area contributed by atoms with E-state index in [-0.39, 0.29) is 6.42 Å². The van der Waals surface area contributed by atoms with Crippen molar-refractivity contribution in [3.8, 4) is 15.6 Å². The first-order valence-electron chi connectivity index (χ1n) is 8.18. The molecule has 0 saturated heterocycles. The number of amides is 1. The summed E-state index contributed by atoms with van der Waals surface area (Å²) in [5.74, 6) is -0.390. The Morgan fingerprint density at radius 1 is 1.19 bits per heavy atom. The second kappa shape index (κ2) is 8.79. The van der Waals surface area contributed by atoms with Gasteiger partial charge in [-0.05, 0) is 30.5 Å². The van der Waals surface area contributed by atoms with Crippen molar-refractivity contribution in [3.63, 3.8) is 0 Å². The zero-order valence-corrected chi connectivity index (χ0v) is 16.4. The summed E-state index contributed by atoms with van der Waals surface area (Å²) in [6, 6.07) is 11.0. The summed E-state index contributed by atoms with van der Waals surface area (Å²) in [6.45, 7) is 1.53. The number of hydrogen-bond donors (Lipinski definition) is 1. The number of carbonyl (C=O) groups excluding carboxylic acids is 2. The fourth-order valence-electron chi connectivity index (χ4n) is 2.32. The molecule has 3 rings (SSSR count). The summed E-state index contributed by atoms with van der Waals surface area (Å²) in [5, 5.41) is 7.38. The lowest BCUT2D eigenvalue weighted by atomic mass is 10.2. The first-order chi connectivity index (χ1) is 13.1. The number of nitrogens with zero attached hydrogens (tertiary/aromatic N) is 1. The highest BCUT2D eigenvalue weighted by atomic mass is 32.1. The Balaban J connectivity index is 1.55. The van der Waals surface area contributed by atoms with Crippen LogP contribution in [0.25, 0.3) is 9.88 Å². The van der Waals surface area contributed by atoms with Gasteiger partial charge in [-0.1, -0.05) is 18.2 Å². The highest BCUT2D eigenvalue weighted by molar-refractivity contribution is 7.20. The molecule has 0 aliphatic heterocycles. The van der Waals surface area contributed by atoms with Crippen molar-refractivity contribution < 1.29 is 19.1 Å². The average Bonchev–Trinajstić information content (AvgIpc) is 3.33. The van der Waals surface area contributed by atoms with Crippen LogP contribution < -0.4 is 10.1 Å². The molecule has 140 valence electrons. The zero-order chi connectivity index (χ0) is 19.2. The Morgan fingerprint density at radius 2 is 2.00 bits per heavy atom. The monoisotopic (exact) mass is 402 g/mol. The van der Waals surface area contributed by atoms with Crippen LogP contribution in [-0.2, 0) is 20.7 Å². The molecule has 0 aliphatic rings. The minimum absolute atomic E-state index is 0.0220. The number of esters is 1. The second-order valence-electron chi connectivity index (χ2n) is 5.62. The van der Waals surface area contributed by atoms with Crippen molar-refractivity contribution in [1.29, 1.82) is 0 Å². The van der Waals surface area contributed by atoms with E-state index in [4.69, 9.17) is 9.47 Å². The quantitative estimate of drug-likeness (QED) is 0.605. The number of thiazole rings is 1. The lowest BCUT2D eigenvalue weighted by Gasteiger charge is -2.14. The average molecular weight is 402 g/mol. The predicted molar refractivity (Wildman–Crippen MR) is 106 cm³/mol. The molecule has 0 bridgehead atoms. The number of anilines is 1. The molecule has 8 heteroatoms. The van der Waals surface area contributed by atoms with Gasteiger partial charge < -0.3 is 14.8 Å². The Hall–Kier alpha value is -2.71. The largest absolute Gasteiger partial charge is 0.495 e. The molecule has 6 nitrogen and oxygen atoms in total. The van der Waals surface area contributed by atoms with Crippen LogP contribution in [0.2, 0.25) is 0 Å². The van der Waals surface area contributed by atoms with Gasteiger partial charge in [0.1, 0.15) is 10.8 Å². The lowest BCUT2D eigenvalue weighted by Crippen LogP contribution is -2.30. The SMILES string of the molecule is COc1ccccc1NC(=O)[C@H](C)OC(=O)Cc1csc(-c2cccs2)n1. The number of thiophene rings is 1. The van der Waals surface area contributed by atoms with Crippen LogP contribution in [0, 0.1) is 0 Å². The number of benzene rings is 1. The van der Waals surface area contributed by atoms with E-state index in [0.29, 0.717) is 17.1 Å². The van der Waals surface area contributed by atoms with Gasteiger partial charge in [-0.3, -0.25) is 9.59 Å². The summed E-state index contributed by atoms with van der Waals surface area (Å²) in [4.78, 5) is 29.9. The highest BCUT2D eigenvalue weighted by Gasteiger charge is 2.20. The number of hydrogen-bond acceptors (Lipinski definition) is 7.